The number of carbonyl (C=O) groups excluding carboxylic acids is 1. The Hall–Kier alpha value is -1.79. The topological polar surface area (TPSA) is 76.4 Å². The highest BCUT2D eigenvalue weighted by atomic mass is 35.5. The van der Waals surface area contributed by atoms with Crippen LogP contribution in [-0.2, 0) is 9.84 Å². The predicted molar refractivity (Wildman–Crippen MR) is 75.4 cm³/mol. The third kappa shape index (κ3) is 2.57. The molecular formula is C13H10ClNO4S. The fraction of sp³-hybridized carbons (Fsp3) is 0.154. The van der Waals surface area contributed by atoms with Crippen LogP contribution >= 0.6 is 11.6 Å². The molecule has 0 bridgehead atoms. The normalized spacial score (nSPS) is 20.4. The molecule has 7 heteroatoms. The third-order valence-corrected chi connectivity index (χ3v) is 4.58. The number of furan rings is 1. The molecule has 5 nitrogen and oxygen atoms in total. The molecule has 1 aromatic carbocycles. The largest absolute Gasteiger partial charge is 0.451 e. The Kier molecular flexibility index (Phi) is 3.07. The lowest BCUT2D eigenvalue weighted by Gasteiger charge is -2.07. The lowest BCUT2D eigenvalue weighted by molar-refractivity contribution is 0.0922. The van der Waals surface area contributed by atoms with Crippen molar-refractivity contribution < 1.29 is 17.6 Å². The van der Waals surface area contributed by atoms with Gasteiger partial charge in [-0.15, -0.1) is 0 Å². The zero-order valence-electron chi connectivity index (χ0n) is 10.2. The summed E-state index contributed by atoms with van der Waals surface area (Å²) in [5, 5.41) is 4.97. The Balaban J connectivity index is 1.81. The lowest BCUT2D eigenvalue weighted by atomic mass is 10.2. The van der Waals surface area contributed by atoms with Crippen molar-refractivity contribution in [1.82, 2.24) is 5.32 Å². The van der Waals surface area contributed by atoms with E-state index in [0.717, 1.165) is 10.8 Å². The molecule has 1 atom stereocenters. The second-order valence-corrected chi connectivity index (χ2v) is 6.90. The summed E-state index contributed by atoms with van der Waals surface area (Å²) < 4.78 is 27.9. The molecule has 0 radical (unpaired) electrons. The van der Waals surface area contributed by atoms with Gasteiger partial charge in [0.2, 0.25) is 0 Å². The summed E-state index contributed by atoms with van der Waals surface area (Å²) in [5.41, 5.74) is 0.550. The minimum Gasteiger partial charge on any atom is -0.451 e. The SMILES string of the molecule is O=C(N[C@H]1C=CS(=O)(=O)C1)c1cc2cc(Cl)ccc2o1. The Labute approximate surface area is 120 Å². The van der Waals surface area contributed by atoms with Gasteiger partial charge in [-0.05, 0) is 30.3 Å². The molecule has 0 unspecified atom stereocenters. The first-order valence-electron chi connectivity index (χ1n) is 5.84. The zero-order valence-corrected chi connectivity index (χ0v) is 11.7. The van der Waals surface area contributed by atoms with Crippen LogP contribution in [0.5, 0.6) is 0 Å². The minimum atomic E-state index is -3.20. The van der Waals surface area contributed by atoms with Crippen molar-refractivity contribution in [3.05, 3.63) is 46.5 Å². The number of halogens is 1. The van der Waals surface area contributed by atoms with Crippen molar-refractivity contribution in [2.75, 3.05) is 5.75 Å². The van der Waals surface area contributed by atoms with Gasteiger partial charge in [-0.3, -0.25) is 4.79 Å². The maximum Gasteiger partial charge on any atom is 0.287 e. The predicted octanol–water partition coefficient (Wildman–Crippen LogP) is 2.13. The van der Waals surface area contributed by atoms with Crippen molar-refractivity contribution in [3.63, 3.8) is 0 Å². The number of benzene rings is 1. The molecule has 1 aliphatic heterocycles. The fourth-order valence-corrected chi connectivity index (χ4v) is 3.45. The first kappa shape index (κ1) is 13.2. The van der Waals surface area contributed by atoms with Crippen molar-refractivity contribution >= 4 is 38.3 Å². The van der Waals surface area contributed by atoms with Crippen LogP contribution in [0.2, 0.25) is 5.02 Å². The van der Waals surface area contributed by atoms with E-state index in [1.807, 2.05) is 0 Å². The van der Waals surface area contributed by atoms with Gasteiger partial charge < -0.3 is 9.73 Å². The molecule has 20 heavy (non-hydrogen) atoms. The summed E-state index contributed by atoms with van der Waals surface area (Å²) in [4.78, 5) is 12.0. The van der Waals surface area contributed by atoms with E-state index in [0.29, 0.717) is 10.6 Å². The van der Waals surface area contributed by atoms with Gasteiger partial charge in [0.25, 0.3) is 5.91 Å². The van der Waals surface area contributed by atoms with Crippen molar-refractivity contribution in [2.45, 2.75) is 6.04 Å². The summed E-state index contributed by atoms with van der Waals surface area (Å²) in [6.45, 7) is 0. The van der Waals surface area contributed by atoms with E-state index in [4.69, 9.17) is 16.0 Å². The summed E-state index contributed by atoms with van der Waals surface area (Å²) in [6, 6.07) is 6.08. The Morgan fingerprint density at radius 1 is 1.35 bits per heavy atom. The zero-order chi connectivity index (χ0) is 14.3. The molecule has 0 aliphatic carbocycles. The third-order valence-electron chi connectivity index (χ3n) is 2.95. The van der Waals surface area contributed by atoms with Crippen LogP contribution in [-0.4, -0.2) is 26.1 Å². The summed E-state index contributed by atoms with van der Waals surface area (Å²) in [5.74, 6) is -0.450. The van der Waals surface area contributed by atoms with Crippen molar-refractivity contribution in [1.29, 1.82) is 0 Å². The van der Waals surface area contributed by atoms with E-state index < -0.39 is 21.8 Å². The molecule has 2 aromatic rings. The van der Waals surface area contributed by atoms with E-state index in [2.05, 4.69) is 5.32 Å². The number of sulfone groups is 1. The van der Waals surface area contributed by atoms with Crippen LogP contribution in [0.25, 0.3) is 11.0 Å². The van der Waals surface area contributed by atoms with E-state index in [1.54, 1.807) is 24.3 Å². The highest BCUT2D eigenvalue weighted by molar-refractivity contribution is 7.94. The monoisotopic (exact) mass is 311 g/mol. The first-order valence-corrected chi connectivity index (χ1v) is 7.93. The smallest absolute Gasteiger partial charge is 0.287 e. The molecule has 1 aromatic heterocycles. The van der Waals surface area contributed by atoms with Gasteiger partial charge in [-0.1, -0.05) is 11.6 Å². The number of amides is 1. The average molecular weight is 312 g/mol. The number of hydrogen-bond donors (Lipinski definition) is 1. The Morgan fingerprint density at radius 3 is 2.85 bits per heavy atom. The fourth-order valence-electron chi connectivity index (χ4n) is 2.03. The molecule has 1 amide bonds. The number of carbonyl (C=O) groups is 1. The van der Waals surface area contributed by atoms with Crippen LogP contribution in [0, 0.1) is 0 Å². The Bertz CT molecular complexity index is 822. The maximum absolute atomic E-state index is 12.0. The van der Waals surface area contributed by atoms with E-state index in [9.17, 15) is 13.2 Å². The summed E-state index contributed by atoms with van der Waals surface area (Å²) in [6.07, 6.45) is 1.45. The highest BCUT2D eigenvalue weighted by Gasteiger charge is 2.24. The van der Waals surface area contributed by atoms with E-state index in [1.165, 1.54) is 6.08 Å². The first-order chi connectivity index (χ1) is 9.43. The van der Waals surface area contributed by atoms with Gasteiger partial charge in [0, 0.05) is 15.8 Å². The molecule has 0 spiro atoms. The summed E-state index contributed by atoms with van der Waals surface area (Å²) in [7, 11) is -3.20. The Morgan fingerprint density at radius 2 is 2.15 bits per heavy atom. The standard InChI is InChI=1S/C13H10ClNO4S/c14-9-1-2-11-8(5-9)6-12(19-11)13(16)15-10-3-4-20(17,18)7-10/h1-6,10H,7H2,(H,15,16)/t10-/m0/s1. The highest BCUT2D eigenvalue weighted by Crippen LogP contribution is 2.23. The molecule has 0 saturated heterocycles. The summed E-state index contributed by atoms with van der Waals surface area (Å²) >= 11 is 5.86. The van der Waals surface area contributed by atoms with Crippen LogP contribution in [0.4, 0.5) is 0 Å². The van der Waals surface area contributed by atoms with Gasteiger partial charge in [0.15, 0.2) is 15.6 Å². The van der Waals surface area contributed by atoms with Gasteiger partial charge in [-0.25, -0.2) is 8.42 Å². The molecule has 2 heterocycles. The van der Waals surface area contributed by atoms with Crippen LogP contribution < -0.4 is 5.32 Å². The van der Waals surface area contributed by atoms with Gasteiger partial charge in [0.1, 0.15) is 5.58 Å². The van der Waals surface area contributed by atoms with Crippen molar-refractivity contribution in [2.24, 2.45) is 0 Å². The molecular weight excluding hydrogens is 302 g/mol. The molecule has 1 N–H and O–H groups in total. The lowest BCUT2D eigenvalue weighted by Crippen LogP contribution is -2.35. The number of nitrogens with one attached hydrogen (secondary N) is 1. The molecule has 0 fully saturated rings. The molecule has 0 saturated carbocycles. The minimum absolute atomic E-state index is 0.120. The average Bonchev–Trinajstić information content (AvgIpc) is 2.92. The number of rotatable bonds is 2. The second-order valence-electron chi connectivity index (χ2n) is 4.53. The maximum atomic E-state index is 12.0. The van der Waals surface area contributed by atoms with Gasteiger partial charge in [0.05, 0.1) is 11.8 Å². The van der Waals surface area contributed by atoms with Crippen molar-refractivity contribution in [3.8, 4) is 0 Å². The van der Waals surface area contributed by atoms with Crippen LogP contribution in [0.15, 0.2) is 40.2 Å². The van der Waals surface area contributed by atoms with Crippen LogP contribution in [0.1, 0.15) is 10.6 Å². The van der Waals surface area contributed by atoms with Crippen LogP contribution in [0.3, 0.4) is 0 Å². The van der Waals surface area contributed by atoms with E-state index in [-0.39, 0.29) is 11.5 Å². The quantitative estimate of drug-likeness (QED) is 0.921. The van der Waals surface area contributed by atoms with Gasteiger partial charge >= 0.3 is 0 Å². The second kappa shape index (κ2) is 4.64. The van der Waals surface area contributed by atoms with Gasteiger partial charge in [-0.2, -0.15) is 0 Å². The molecule has 104 valence electrons. The number of hydrogen-bond acceptors (Lipinski definition) is 4. The van der Waals surface area contributed by atoms with E-state index >= 15 is 0 Å². The molecule has 1 aliphatic rings. The molecule has 3 rings (SSSR count). The number of fused-ring (bicyclic) bond motifs is 1.